The molecule has 1 N–H and O–H groups in total. The number of hydrogen-bond acceptors (Lipinski definition) is 5. The maximum Gasteiger partial charge on any atom is 0.114 e. The summed E-state index contributed by atoms with van der Waals surface area (Å²) in [4.78, 5) is 2.94. The van der Waals surface area contributed by atoms with Crippen LogP contribution in [0.3, 0.4) is 0 Å². The molecule has 0 aliphatic rings. The predicted molar refractivity (Wildman–Crippen MR) is 135 cm³/mol. The Balaban J connectivity index is 1.84. The van der Waals surface area contributed by atoms with E-state index in [1.54, 1.807) is 12.2 Å². The van der Waals surface area contributed by atoms with Gasteiger partial charge in [0.05, 0.1) is 39.1 Å². The second-order valence-corrected chi connectivity index (χ2v) is 7.88. The van der Waals surface area contributed by atoms with Crippen LogP contribution in [0.4, 0.5) is 0 Å². The maximum atomic E-state index is 9.44. The van der Waals surface area contributed by atoms with E-state index in [0.29, 0.717) is 19.8 Å². The van der Waals surface area contributed by atoms with Crippen molar-refractivity contribution < 1.29 is 19.3 Å². The number of rotatable bonds is 15. The van der Waals surface area contributed by atoms with Crippen LogP contribution in [0.2, 0.25) is 0 Å². The van der Waals surface area contributed by atoms with E-state index >= 15 is 0 Å². The van der Waals surface area contributed by atoms with Crippen LogP contribution in [0.1, 0.15) is 16.7 Å². The Labute approximate surface area is 206 Å². The van der Waals surface area contributed by atoms with Crippen molar-refractivity contribution in [2.24, 2.45) is 5.11 Å². The molecule has 0 spiro atoms. The van der Waals surface area contributed by atoms with Gasteiger partial charge in [-0.15, -0.1) is 0 Å². The summed E-state index contributed by atoms with van der Waals surface area (Å²) in [5, 5.41) is 13.2. The van der Waals surface area contributed by atoms with Crippen LogP contribution in [0.5, 0.6) is 0 Å². The van der Waals surface area contributed by atoms with Crippen LogP contribution in [0, 0.1) is 0 Å². The average Bonchev–Trinajstić information content (AvgIpc) is 2.92. The second-order valence-electron chi connectivity index (χ2n) is 7.88. The summed E-state index contributed by atoms with van der Waals surface area (Å²) in [6, 6.07) is 29.4. The SMILES string of the molecule is [N-]=[N+]=NC[C@@H](OCc1ccccc1)[C@@H](OCc1ccccc1)[C@@H](/C=C/CO)OCc1ccccc1. The number of benzene rings is 3. The fraction of sp³-hybridized carbons (Fsp3) is 0.286. The van der Waals surface area contributed by atoms with Gasteiger partial charge in [0.2, 0.25) is 0 Å². The Kier molecular flexibility index (Phi) is 11.5. The zero-order valence-corrected chi connectivity index (χ0v) is 19.6. The van der Waals surface area contributed by atoms with Crippen molar-refractivity contribution in [1.29, 1.82) is 0 Å². The molecular formula is C28H31N3O4. The fourth-order valence-corrected chi connectivity index (χ4v) is 3.55. The van der Waals surface area contributed by atoms with Crippen molar-refractivity contribution in [1.82, 2.24) is 0 Å². The number of ether oxygens (including phenoxy) is 3. The van der Waals surface area contributed by atoms with Gasteiger partial charge in [-0.1, -0.05) is 108 Å². The van der Waals surface area contributed by atoms with Crippen molar-refractivity contribution in [2.75, 3.05) is 13.2 Å². The molecule has 0 aliphatic heterocycles. The van der Waals surface area contributed by atoms with Gasteiger partial charge in [0, 0.05) is 4.91 Å². The Bertz CT molecular complexity index is 1040. The number of hydrogen-bond donors (Lipinski definition) is 1. The number of aliphatic hydroxyl groups excluding tert-OH is 1. The molecule has 0 aromatic heterocycles. The first-order valence-corrected chi connectivity index (χ1v) is 11.5. The van der Waals surface area contributed by atoms with Gasteiger partial charge < -0.3 is 19.3 Å². The first-order valence-electron chi connectivity index (χ1n) is 11.5. The van der Waals surface area contributed by atoms with E-state index in [1.165, 1.54) is 0 Å². The smallest absolute Gasteiger partial charge is 0.114 e. The summed E-state index contributed by atoms with van der Waals surface area (Å²) in [5.74, 6) is 0. The van der Waals surface area contributed by atoms with Crippen molar-refractivity contribution in [3.63, 3.8) is 0 Å². The van der Waals surface area contributed by atoms with Crippen LogP contribution in [-0.2, 0) is 34.0 Å². The molecule has 0 saturated carbocycles. The van der Waals surface area contributed by atoms with Crippen LogP contribution < -0.4 is 0 Å². The van der Waals surface area contributed by atoms with E-state index in [9.17, 15) is 5.11 Å². The first-order chi connectivity index (χ1) is 17.3. The van der Waals surface area contributed by atoms with Crippen LogP contribution in [0.15, 0.2) is 108 Å². The lowest BCUT2D eigenvalue weighted by molar-refractivity contribution is -0.135. The highest BCUT2D eigenvalue weighted by molar-refractivity contribution is 5.15. The minimum atomic E-state index is -0.601. The Morgan fingerprint density at radius 1 is 0.743 bits per heavy atom. The molecule has 7 nitrogen and oxygen atoms in total. The van der Waals surface area contributed by atoms with Gasteiger partial charge in [-0.3, -0.25) is 0 Å². The largest absolute Gasteiger partial charge is 0.392 e. The molecule has 0 fully saturated rings. The molecule has 35 heavy (non-hydrogen) atoms. The molecule has 0 bridgehead atoms. The molecule has 0 aliphatic carbocycles. The maximum absolute atomic E-state index is 9.44. The number of aliphatic hydroxyl groups is 1. The van der Waals surface area contributed by atoms with Crippen molar-refractivity contribution >= 4 is 0 Å². The van der Waals surface area contributed by atoms with E-state index in [2.05, 4.69) is 10.0 Å². The molecular weight excluding hydrogens is 442 g/mol. The lowest BCUT2D eigenvalue weighted by Gasteiger charge is -2.32. The third kappa shape index (κ3) is 9.37. The van der Waals surface area contributed by atoms with Gasteiger partial charge in [-0.2, -0.15) is 0 Å². The van der Waals surface area contributed by atoms with Crippen LogP contribution in [0.25, 0.3) is 10.4 Å². The van der Waals surface area contributed by atoms with Gasteiger partial charge >= 0.3 is 0 Å². The lowest BCUT2D eigenvalue weighted by Crippen LogP contribution is -2.43. The molecule has 0 saturated heterocycles. The molecule has 0 amide bonds. The van der Waals surface area contributed by atoms with Gasteiger partial charge in [0.25, 0.3) is 0 Å². The van der Waals surface area contributed by atoms with Gasteiger partial charge in [0.1, 0.15) is 12.2 Å². The van der Waals surface area contributed by atoms with E-state index in [4.69, 9.17) is 19.7 Å². The second kappa shape index (κ2) is 15.5. The highest BCUT2D eigenvalue weighted by Crippen LogP contribution is 2.20. The summed E-state index contributed by atoms with van der Waals surface area (Å²) in [6.07, 6.45) is 1.65. The van der Waals surface area contributed by atoms with E-state index in [1.807, 2.05) is 91.0 Å². The minimum Gasteiger partial charge on any atom is -0.392 e. The Hall–Kier alpha value is -3.45. The molecule has 3 atom stereocenters. The van der Waals surface area contributed by atoms with Gasteiger partial charge in [-0.05, 0) is 22.2 Å². The highest BCUT2D eigenvalue weighted by atomic mass is 16.6. The third-order valence-electron chi connectivity index (χ3n) is 5.32. The lowest BCUT2D eigenvalue weighted by atomic mass is 10.1. The van der Waals surface area contributed by atoms with E-state index < -0.39 is 18.3 Å². The Morgan fingerprint density at radius 2 is 1.23 bits per heavy atom. The molecule has 3 aromatic carbocycles. The highest BCUT2D eigenvalue weighted by Gasteiger charge is 2.31. The summed E-state index contributed by atoms with van der Waals surface area (Å²) >= 11 is 0. The molecule has 182 valence electrons. The van der Waals surface area contributed by atoms with E-state index in [-0.39, 0.29) is 13.2 Å². The van der Waals surface area contributed by atoms with Crippen LogP contribution >= 0.6 is 0 Å². The van der Waals surface area contributed by atoms with Crippen molar-refractivity contribution in [2.45, 2.75) is 38.1 Å². The quantitative estimate of drug-likeness (QED) is 0.134. The normalized spacial score (nSPS) is 13.7. The third-order valence-corrected chi connectivity index (χ3v) is 5.32. The summed E-state index contributed by atoms with van der Waals surface area (Å²) in [5.41, 5.74) is 12.0. The molecule has 0 unspecified atom stereocenters. The van der Waals surface area contributed by atoms with Crippen molar-refractivity contribution in [3.05, 3.63) is 130 Å². The molecule has 3 rings (SSSR count). The molecule has 3 aromatic rings. The zero-order valence-electron chi connectivity index (χ0n) is 19.6. The fourth-order valence-electron chi connectivity index (χ4n) is 3.55. The molecule has 0 radical (unpaired) electrons. The molecule has 7 heteroatoms. The summed E-state index contributed by atoms with van der Waals surface area (Å²) < 4.78 is 18.8. The predicted octanol–water partition coefficient (Wildman–Crippen LogP) is 5.60. The topological polar surface area (TPSA) is 96.7 Å². The van der Waals surface area contributed by atoms with Gasteiger partial charge in [-0.25, -0.2) is 0 Å². The summed E-state index contributed by atoms with van der Waals surface area (Å²) in [6.45, 7) is 0.931. The molecule has 0 heterocycles. The minimum absolute atomic E-state index is 0.0704. The number of nitrogens with zero attached hydrogens (tertiary/aromatic N) is 3. The average molecular weight is 474 g/mol. The first kappa shape index (κ1) is 26.2. The standard InChI is InChI=1S/C28H31N3O4/c29-31-30-19-27(34-21-24-13-6-2-7-14-24)28(35-22-25-15-8-3-9-16-25)26(17-10-18-32)33-20-23-11-4-1-5-12-23/h1-17,26-28,32H,18-22H2/b17-10+/t26-,27-,28+/m1/s1. The van der Waals surface area contributed by atoms with Crippen LogP contribution in [-0.4, -0.2) is 36.6 Å². The Morgan fingerprint density at radius 3 is 1.71 bits per heavy atom. The zero-order chi connectivity index (χ0) is 24.6. The van der Waals surface area contributed by atoms with Crippen molar-refractivity contribution in [3.8, 4) is 0 Å². The summed E-state index contributed by atoms with van der Waals surface area (Å²) in [7, 11) is 0. The van der Waals surface area contributed by atoms with Gasteiger partial charge in [0.15, 0.2) is 0 Å². The van der Waals surface area contributed by atoms with E-state index in [0.717, 1.165) is 16.7 Å². The monoisotopic (exact) mass is 473 g/mol. The number of azide groups is 1.